The third kappa shape index (κ3) is 3.51. The van der Waals surface area contributed by atoms with Crippen molar-refractivity contribution in [1.82, 2.24) is 4.57 Å². The minimum Gasteiger partial charge on any atom is -0.369 e. The van der Waals surface area contributed by atoms with Gasteiger partial charge in [0.1, 0.15) is 10.7 Å². The van der Waals surface area contributed by atoms with Crippen molar-refractivity contribution in [2.24, 2.45) is 0 Å². The molecule has 1 aliphatic heterocycles. The number of rotatable bonds is 5. The Bertz CT molecular complexity index is 1280. The Morgan fingerprint density at radius 3 is 2.50 bits per heavy atom. The zero-order valence-electron chi connectivity index (χ0n) is 17.2. The van der Waals surface area contributed by atoms with E-state index in [-0.39, 0.29) is 15.2 Å². The lowest BCUT2D eigenvalue weighted by molar-refractivity contribution is 0.592. The Kier molecular flexibility index (Phi) is 5.40. The molecule has 0 unspecified atom stereocenters. The van der Waals surface area contributed by atoms with E-state index in [9.17, 15) is 17.6 Å². The van der Waals surface area contributed by atoms with Crippen LogP contribution in [-0.2, 0) is 16.4 Å². The number of sulfone groups is 1. The molecule has 1 saturated heterocycles. The van der Waals surface area contributed by atoms with Gasteiger partial charge < -0.3 is 9.47 Å². The van der Waals surface area contributed by atoms with Crippen LogP contribution in [-0.4, -0.2) is 26.1 Å². The Morgan fingerprint density at radius 1 is 1.10 bits per heavy atom. The van der Waals surface area contributed by atoms with Crippen molar-refractivity contribution >= 4 is 26.4 Å². The number of hydrogen-bond donors (Lipinski definition) is 0. The summed E-state index contributed by atoms with van der Waals surface area (Å²) in [5.41, 5.74) is 1.16. The van der Waals surface area contributed by atoms with Gasteiger partial charge in [0.05, 0.1) is 21.5 Å². The van der Waals surface area contributed by atoms with Gasteiger partial charge in [0.25, 0.3) is 0 Å². The lowest BCUT2D eigenvalue weighted by Crippen LogP contribution is -2.22. The Morgan fingerprint density at radius 2 is 1.83 bits per heavy atom. The monoisotopic (exact) mass is 428 g/mol. The summed E-state index contributed by atoms with van der Waals surface area (Å²) in [4.78, 5) is 14.9. The van der Waals surface area contributed by atoms with Gasteiger partial charge >= 0.3 is 0 Å². The van der Waals surface area contributed by atoms with Gasteiger partial charge in [0, 0.05) is 25.8 Å². The van der Waals surface area contributed by atoms with Gasteiger partial charge in [0.15, 0.2) is 0 Å². The highest BCUT2D eigenvalue weighted by Crippen LogP contribution is 2.29. The van der Waals surface area contributed by atoms with Crippen LogP contribution in [0.1, 0.15) is 31.7 Å². The summed E-state index contributed by atoms with van der Waals surface area (Å²) in [7, 11) is -4.03. The minimum absolute atomic E-state index is 0.0659. The molecular formula is C23H25FN2O3S. The van der Waals surface area contributed by atoms with Crippen LogP contribution < -0.4 is 10.3 Å². The van der Waals surface area contributed by atoms with Crippen molar-refractivity contribution in [2.75, 3.05) is 18.0 Å². The number of halogens is 1. The fourth-order valence-electron chi connectivity index (χ4n) is 4.10. The predicted octanol–water partition coefficient (Wildman–Crippen LogP) is 4.29. The second-order valence-corrected chi connectivity index (χ2v) is 9.77. The number of aromatic nitrogens is 1. The second-order valence-electron chi connectivity index (χ2n) is 7.85. The van der Waals surface area contributed by atoms with Gasteiger partial charge in [-0.25, -0.2) is 12.8 Å². The zero-order chi connectivity index (χ0) is 21.5. The molecule has 0 saturated carbocycles. The number of anilines is 1. The highest BCUT2D eigenvalue weighted by atomic mass is 32.2. The van der Waals surface area contributed by atoms with Crippen molar-refractivity contribution in [2.45, 2.75) is 49.4 Å². The van der Waals surface area contributed by atoms with Crippen molar-refractivity contribution in [3.8, 4) is 0 Å². The number of benzene rings is 2. The Labute approximate surface area is 175 Å². The molecule has 0 amide bonds. The van der Waals surface area contributed by atoms with Crippen LogP contribution in [0.4, 0.5) is 10.1 Å². The Hall–Kier alpha value is -2.67. The van der Waals surface area contributed by atoms with E-state index in [2.05, 4.69) is 0 Å². The topological polar surface area (TPSA) is 59.4 Å². The van der Waals surface area contributed by atoms with Crippen LogP contribution >= 0.6 is 0 Å². The average Bonchev–Trinajstić information content (AvgIpc) is 3.24. The van der Waals surface area contributed by atoms with Gasteiger partial charge in [-0.2, -0.15) is 0 Å². The molecule has 7 heteroatoms. The normalized spacial score (nSPS) is 14.6. The summed E-state index contributed by atoms with van der Waals surface area (Å²) < 4.78 is 43.2. The molecule has 0 N–H and O–H groups in total. The summed E-state index contributed by atoms with van der Waals surface area (Å²) in [6.07, 6.45) is 4.18. The molecule has 2 aromatic carbocycles. The van der Waals surface area contributed by atoms with Crippen LogP contribution in [0.15, 0.2) is 57.2 Å². The van der Waals surface area contributed by atoms with E-state index >= 15 is 0 Å². The summed E-state index contributed by atoms with van der Waals surface area (Å²) in [5, 5.41) is 0.0950. The average molecular weight is 429 g/mol. The highest BCUT2D eigenvalue weighted by molar-refractivity contribution is 7.91. The smallest absolute Gasteiger partial charge is 0.211 e. The van der Waals surface area contributed by atoms with E-state index in [1.807, 2.05) is 11.8 Å². The molecule has 158 valence electrons. The van der Waals surface area contributed by atoms with E-state index in [1.165, 1.54) is 18.3 Å². The molecule has 0 radical (unpaired) electrons. The quantitative estimate of drug-likeness (QED) is 0.608. The van der Waals surface area contributed by atoms with Crippen molar-refractivity contribution < 1.29 is 12.8 Å². The maximum atomic E-state index is 14.9. The fourth-order valence-corrected chi connectivity index (χ4v) is 5.57. The first kappa shape index (κ1) is 20.6. The maximum Gasteiger partial charge on any atom is 0.211 e. The minimum atomic E-state index is -4.03. The molecule has 2 heterocycles. The molecule has 5 nitrogen and oxygen atoms in total. The van der Waals surface area contributed by atoms with E-state index in [1.54, 1.807) is 35.8 Å². The van der Waals surface area contributed by atoms with Gasteiger partial charge in [0.2, 0.25) is 15.3 Å². The molecule has 4 rings (SSSR count). The van der Waals surface area contributed by atoms with Crippen LogP contribution in [0, 0.1) is 12.7 Å². The standard InChI is InChI=1S/C23H25FN2O3S/c1-3-9-26-15-22(30(28,29)17-8-6-7-16(2)12-17)23(27)18-13-19(24)21(14-20(18)26)25-10-4-5-11-25/h6-8,12-15H,3-5,9-11H2,1-2H3. The molecule has 1 aromatic heterocycles. The first-order valence-electron chi connectivity index (χ1n) is 10.3. The summed E-state index contributed by atoms with van der Waals surface area (Å²) >= 11 is 0. The van der Waals surface area contributed by atoms with Crippen molar-refractivity contribution in [3.63, 3.8) is 0 Å². The predicted molar refractivity (Wildman–Crippen MR) is 117 cm³/mol. The van der Waals surface area contributed by atoms with E-state index in [0.29, 0.717) is 17.7 Å². The second kappa shape index (κ2) is 7.87. The number of aryl methyl sites for hydroxylation is 2. The van der Waals surface area contributed by atoms with Gasteiger partial charge in [-0.1, -0.05) is 19.1 Å². The first-order chi connectivity index (χ1) is 14.3. The lowest BCUT2D eigenvalue weighted by Gasteiger charge is -2.21. The molecule has 1 aliphatic rings. The number of fused-ring (bicyclic) bond motifs is 1. The number of pyridine rings is 1. The Balaban J connectivity index is 1.97. The van der Waals surface area contributed by atoms with Crippen LogP contribution in [0.3, 0.4) is 0 Å². The molecule has 0 aliphatic carbocycles. The van der Waals surface area contributed by atoms with E-state index in [0.717, 1.165) is 37.9 Å². The SMILES string of the molecule is CCCn1cc(S(=O)(=O)c2cccc(C)c2)c(=O)c2cc(F)c(N3CCCC3)cc21. The fraction of sp³-hybridized carbons (Fsp3) is 0.348. The number of hydrogen-bond acceptors (Lipinski definition) is 4. The molecule has 0 atom stereocenters. The first-order valence-corrected chi connectivity index (χ1v) is 11.7. The van der Waals surface area contributed by atoms with Gasteiger partial charge in [-0.3, -0.25) is 4.79 Å². The maximum absolute atomic E-state index is 14.9. The van der Waals surface area contributed by atoms with Gasteiger partial charge in [-0.05, 0) is 56.0 Å². The molecule has 0 spiro atoms. The lowest BCUT2D eigenvalue weighted by atomic mass is 10.1. The zero-order valence-corrected chi connectivity index (χ0v) is 18.0. The number of nitrogens with zero attached hydrogens (tertiary/aromatic N) is 2. The molecular weight excluding hydrogens is 403 g/mol. The van der Waals surface area contributed by atoms with Gasteiger partial charge in [-0.15, -0.1) is 0 Å². The third-order valence-corrected chi connectivity index (χ3v) is 7.36. The summed E-state index contributed by atoms with van der Waals surface area (Å²) in [6, 6.07) is 9.36. The van der Waals surface area contributed by atoms with Crippen LogP contribution in [0.25, 0.3) is 10.9 Å². The molecule has 0 bridgehead atoms. The third-order valence-electron chi connectivity index (χ3n) is 5.62. The largest absolute Gasteiger partial charge is 0.369 e. The van der Waals surface area contributed by atoms with Crippen LogP contribution in [0.2, 0.25) is 0 Å². The summed E-state index contributed by atoms with van der Waals surface area (Å²) in [5.74, 6) is -0.491. The van der Waals surface area contributed by atoms with E-state index in [4.69, 9.17) is 0 Å². The van der Waals surface area contributed by atoms with Crippen molar-refractivity contribution in [1.29, 1.82) is 0 Å². The van der Waals surface area contributed by atoms with Crippen molar-refractivity contribution in [3.05, 3.63) is 64.2 Å². The summed E-state index contributed by atoms with van der Waals surface area (Å²) in [6.45, 7) is 5.85. The highest BCUT2D eigenvalue weighted by Gasteiger charge is 2.25. The van der Waals surface area contributed by atoms with E-state index < -0.39 is 21.1 Å². The van der Waals surface area contributed by atoms with Crippen LogP contribution in [0.5, 0.6) is 0 Å². The molecule has 1 fully saturated rings. The molecule has 3 aromatic rings. The molecule has 30 heavy (non-hydrogen) atoms.